The number of carbonyl (C=O) groups excluding carboxylic acids is 2. The Morgan fingerprint density at radius 3 is 2.19 bits per heavy atom. The first-order chi connectivity index (χ1) is 7.69. The Kier molecular flexibility index (Phi) is 3.86. The molecule has 1 saturated heterocycles. The van der Waals surface area contributed by atoms with Gasteiger partial charge in [-0.15, -0.1) is 0 Å². The highest BCUT2D eigenvalue weighted by atomic mass is 32.2. The monoisotopic (exact) mass is 242 g/mol. The number of piperazine rings is 1. The number of thioether (sulfide) groups is 1. The van der Waals surface area contributed by atoms with Crippen molar-refractivity contribution < 1.29 is 9.59 Å². The fourth-order valence-electron chi connectivity index (χ4n) is 2.56. The van der Waals surface area contributed by atoms with Crippen LogP contribution in [0.3, 0.4) is 0 Å². The van der Waals surface area contributed by atoms with E-state index in [0.717, 1.165) is 18.1 Å². The van der Waals surface area contributed by atoms with Crippen LogP contribution in [0.4, 0.5) is 0 Å². The summed E-state index contributed by atoms with van der Waals surface area (Å²) >= 11 is 1.93. The lowest BCUT2D eigenvalue weighted by Gasteiger charge is -2.37. The van der Waals surface area contributed by atoms with E-state index in [-0.39, 0.29) is 11.8 Å². The van der Waals surface area contributed by atoms with Crippen molar-refractivity contribution in [2.24, 2.45) is 0 Å². The second-order valence-corrected chi connectivity index (χ2v) is 5.68. The first kappa shape index (κ1) is 11.9. The average Bonchev–Trinajstić information content (AvgIpc) is 2.28. The molecule has 0 unspecified atom stereocenters. The Morgan fingerprint density at radius 1 is 1.12 bits per heavy atom. The summed E-state index contributed by atoms with van der Waals surface area (Å²) in [4.78, 5) is 24.6. The van der Waals surface area contributed by atoms with E-state index in [9.17, 15) is 9.59 Å². The van der Waals surface area contributed by atoms with Crippen LogP contribution in [0.2, 0.25) is 0 Å². The normalized spacial score (nSPS) is 32.6. The van der Waals surface area contributed by atoms with Gasteiger partial charge in [-0.05, 0) is 31.9 Å². The molecular formula is C11H18N2O2S. The molecular weight excluding hydrogens is 224 g/mol. The lowest BCUT2D eigenvalue weighted by Crippen LogP contribution is -2.55. The summed E-state index contributed by atoms with van der Waals surface area (Å²) < 4.78 is 0. The molecule has 0 aromatic heterocycles. The van der Waals surface area contributed by atoms with Crippen molar-refractivity contribution in [1.82, 2.24) is 10.2 Å². The minimum Gasteiger partial charge on any atom is -0.294 e. The highest BCUT2D eigenvalue weighted by Crippen LogP contribution is 2.29. The molecule has 0 aromatic carbocycles. The number of carbonyl (C=O) groups is 2. The van der Waals surface area contributed by atoms with E-state index >= 15 is 0 Å². The summed E-state index contributed by atoms with van der Waals surface area (Å²) in [5.41, 5.74) is 0. The molecule has 0 spiro atoms. The lowest BCUT2D eigenvalue weighted by atomic mass is 9.93. The van der Waals surface area contributed by atoms with Gasteiger partial charge in [0.15, 0.2) is 0 Å². The highest BCUT2D eigenvalue weighted by Gasteiger charge is 2.31. The lowest BCUT2D eigenvalue weighted by molar-refractivity contribution is -0.137. The van der Waals surface area contributed by atoms with Crippen LogP contribution >= 0.6 is 11.8 Å². The van der Waals surface area contributed by atoms with Crippen LogP contribution < -0.4 is 5.32 Å². The summed E-state index contributed by atoms with van der Waals surface area (Å²) in [6.45, 7) is 0.778. The Morgan fingerprint density at radius 2 is 1.69 bits per heavy atom. The number of rotatable bonds is 2. The maximum Gasteiger partial charge on any atom is 0.240 e. The molecule has 2 rings (SSSR count). The molecule has 90 valence electrons. The SMILES string of the molecule is CSC1CCC(N2CC(=O)NC(=O)C2)CC1. The van der Waals surface area contributed by atoms with Gasteiger partial charge in [0.05, 0.1) is 13.1 Å². The van der Waals surface area contributed by atoms with Crippen LogP contribution in [-0.4, -0.2) is 47.4 Å². The fraction of sp³-hybridized carbons (Fsp3) is 0.818. The van der Waals surface area contributed by atoms with Gasteiger partial charge in [-0.1, -0.05) is 0 Å². The molecule has 2 aliphatic rings. The predicted octanol–water partition coefficient (Wildman–Crippen LogP) is 0.619. The van der Waals surface area contributed by atoms with Crippen molar-refractivity contribution in [1.29, 1.82) is 0 Å². The summed E-state index contributed by atoms with van der Waals surface area (Å²) in [6.07, 6.45) is 6.80. The van der Waals surface area contributed by atoms with Gasteiger partial charge in [-0.25, -0.2) is 0 Å². The molecule has 0 aromatic rings. The number of hydrogen-bond donors (Lipinski definition) is 1. The van der Waals surface area contributed by atoms with Gasteiger partial charge in [0.2, 0.25) is 11.8 Å². The van der Waals surface area contributed by atoms with Crippen molar-refractivity contribution >= 4 is 23.6 Å². The molecule has 1 heterocycles. The molecule has 2 fully saturated rings. The van der Waals surface area contributed by atoms with E-state index in [4.69, 9.17) is 0 Å². The minimum atomic E-state index is -0.150. The number of nitrogens with zero attached hydrogens (tertiary/aromatic N) is 1. The van der Waals surface area contributed by atoms with E-state index in [1.807, 2.05) is 16.7 Å². The summed E-state index contributed by atoms with van der Waals surface area (Å²) in [5.74, 6) is -0.300. The third-order valence-corrected chi connectivity index (χ3v) is 4.60. The molecule has 2 amide bonds. The molecule has 1 aliphatic carbocycles. The smallest absolute Gasteiger partial charge is 0.240 e. The first-order valence-corrected chi connectivity index (χ1v) is 7.07. The van der Waals surface area contributed by atoms with Gasteiger partial charge in [0.1, 0.15) is 0 Å². The largest absolute Gasteiger partial charge is 0.294 e. The molecule has 1 aliphatic heterocycles. The summed E-state index contributed by atoms with van der Waals surface area (Å²) in [6, 6.07) is 0.429. The van der Waals surface area contributed by atoms with Crippen molar-refractivity contribution in [2.45, 2.75) is 37.0 Å². The van der Waals surface area contributed by atoms with Crippen molar-refractivity contribution in [2.75, 3.05) is 19.3 Å². The maximum absolute atomic E-state index is 11.3. The fourth-order valence-corrected chi connectivity index (χ4v) is 3.31. The van der Waals surface area contributed by atoms with E-state index in [1.165, 1.54) is 12.8 Å². The van der Waals surface area contributed by atoms with E-state index < -0.39 is 0 Å². The second kappa shape index (κ2) is 5.19. The van der Waals surface area contributed by atoms with Gasteiger partial charge >= 0.3 is 0 Å². The van der Waals surface area contributed by atoms with Crippen LogP contribution in [-0.2, 0) is 9.59 Å². The standard InChI is InChI=1S/C11H18N2O2S/c1-16-9-4-2-8(3-5-9)13-6-10(14)12-11(15)7-13/h8-9H,2-7H2,1H3,(H,12,14,15). The zero-order valence-corrected chi connectivity index (χ0v) is 10.4. The summed E-state index contributed by atoms with van der Waals surface area (Å²) in [7, 11) is 0. The van der Waals surface area contributed by atoms with E-state index in [2.05, 4.69) is 11.6 Å². The number of hydrogen-bond acceptors (Lipinski definition) is 4. The van der Waals surface area contributed by atoms with Crippen LogP contribution in [0.15, 0.2) is 0 Å². The van der Waals surface area contributed by atoms with Gasteiger partial charge in [-0.3, -0.25) is 19.8 Å². The van der Waals surface area contributed by atoms with Crippen molar-refractivity contribution in [3.63, 3.8) is 0 Å². The van der Waals surface area contributed by atoms with Crippen molar-refractivity contribution in [3.05, 3.63) is 0 Å². The number of amides is 2. The number of imide groups is 1. The number of nitrogens with one attached hydrogen (secondary N) is 1. The van der Waals surface area contributed by atoms with Gasteiger partial charge < -0.3 is 0 Å². The molecule has 1 saturated carbocycles. The zero-order chi connectivity index (χ0) is 11.5. The Bertz CT molecular complexity index is 272. The van der Waals surface area contributed by atoms with Crippen LogP contribution in [0.5, 0.6) is 0 Å². The summed E-state index contributed by atoms with van der Waals surface area (Å²) in [5, 5.41) is 3.11. The third-order valence-electron chi connectivity index (χ3n) is 3.47. The zero-order valence-electron chi connectivity index (χ0n) is 9.57. The average molecular weight is 242 g/mol. The maximum atomic E-state index is 11.3. The Labute approximate surface area is 100 Å². The molecule has 4 nitrogen and oxygen atoms in total. The Hall–Kier alpha value is -0.550. The third kappa shape index (κ3) is 2.77. The molecule has 0 atom stereocenters. The molecule has 5 heteroatoms. The van der Waals surface area contributed by atoms with Gasteiger partial charge in [-0.2, -0.15) is 11.8 Å². The first-order valence-electron chi connectivity index (χ1n) is 5.78. The van der Waals surface area contributed by atoms with Crippen LogP contribution in [0.25, 0.3) is 0 Å². The van der Waals surface area contributed by atoms with Gasteiger partial charge in [0.25, 0.3) is 0 Å². The quantitative estimate of drug-likeness (QED) is 0.721. The highest BCUT2D eigenvalue weighted by molar-refractivity contribution is 7.99. The molecule has 16 heavy (non-hydrogen) atoms. The van der Waals surface area contributed by atoms with Gasteiger partial charge in [0, 0.05) is 11.3 Å². The molecule has 0 bridgehead atoms. The van der Waals surface area contributed by atoms with E-state index in [0.29, 0.717) is 19.1 Å². The van der Waals surface area contributed by atoms with Crippen LogP contribution in [0.1, 0.15) is 25.7 Å². The second-order valence-electron chi connectivity index (χ2n) is 4.54. The van der Waals surface area contributed by atoms with Crippen molar-refractivity contribution in [3.8, 4) is 0 Å². The molecule has 1 N–H and O–H groups in total. The predicted molar refractivity (Wildman–Crippen MR) is 64.3 cm³/mol. The topological polar surface area (TPSA) is 49.4 Å². The minimum absolute atomic E-state index is 0.150. The molecule has 0 radical (unpaired) electrons. The van der Waals surface area contributed by atoms with E-state index in [1.54, 1.807) is 0 Å². The Balaban J connectivity index is 1.88. The van der Waals surface area contributed by atoms with Crippen LogP contribution in [0, 0.1) is 0 Å².